The van der Waals surface area contributed by atoms with Crippen molar-refractivity contribution in [2.45, 2.75) is 25.7 Å². The molecule has 20 heavy (non-hydrogen) atoms. The number of nitrogens with two attached hydrogens (primary N) is 1. The minimum atomic E-state index is -0.250. The molecular weight excluding hydrogens is 280 g/mol. The molecular formula is C12H22N4O3S. The van der Waals surface area contributed by atoms with Crippen molar-refractivity contribution in [1.29, 1.82) is 0 Å². The third kappa shape index (κ3) is 5.40. The van der Waals surface area contributed by atoms with Crippen molar-refractivity contribution >= 4 is 22.9 Å². The first-order chi connectivity index (χ1) is 9.49. The minimum absolute atomic E-state index is 0.0492. The van der Waals surface area contributed by atoms with E-state index in [4.69, 9.17) is 20.4 Å². The van der Waals surface area contributed by atoms with Gasteiger partial charge in [-0.05, 0) is 13.0 Å². The SMILES string of the molecule is CC(C)(CCN1CCOCC1)c1nnc(N)s1.O=CO. The van der Waals surface area contributed by atoms with Crippen molar-refractivity contribution in [3.8, 4) is 0 Å². The molecule has 0 atom stereocenters. The summed E-state index contributed by atoms with van der Waals surface area (Å²) in [5.74, 6) is 0. The molecule has 3 N–H and O–H groups in total. The summed E-state index contributed by atoms with van der Waals surface area (Å²) >= 11 is 1.49. The van der Waals surface area contributed by atoms with Crippen molar-refractivity contribution < 1.29 is 14.6 Å². The van der Waals surface area contributed by atoms with Crippen LogP contribution in [0.2, 0.25) is 0 Å². The Morgan fingerprint density at radius 3 is 2.55 bits per heavy atom. The summed E-state index contributed by atoms with van der Waals surface area (Å²) in [7, 11) is 0. The fourth-order valence-corrected chi connectivity index (χ4v) is 2.62. The highest BCUT2D eigenvalue weighted by atomic mass is 32.1. The van der Waals surface area contributed by atoms with Gasteiger partial charge < -0.3 is 15.6 Å². The van der Waals surface area contributed by atoms with Crippen LogP contribution in [-0.2, 0) is 14.9 Å². The molecule has 0 unspecified atom stereocenters. The third-order valence-corrected chi connectivity index (χ3v) is 4.29. The number of nitrogens with zero attached hydrogens (tertiary/aromatic N) is 3. The van der Waals surface area contributed by atoms with E-state index in [2.05, 4.69) is 28.9 Å². The lowest BCUT2D eigenvalue weighted by molar-refractivity contribution is -0.122. The van der Waals surface area contributed by atoms with Crippen LogP contribution in [-0.4, -0.2) is 59.5 Å². The molecule has 0 radical (unpaired) electrons. The number of hydrogen-bond acceptors (Lipinski definition) is 7. The fraction of sp³-hybridized carbons (Fsp3) is 0.750. The zero-order valence-electron chi connectivity index (χ0n) is 11.9. The molecule has 1 aromatic heterocycles. The van der Waals surface area contributed by atoms with Gasteiger partial charge in [0.25, 0.3) is 6.47 Å². The Bertz CT molecular complexity index is 405. The summed E-state index contributed by atoms with van der Waals surface area (Å²) in [5, 5.41) is 16.5. The molecule has 8 heteroatoms. The molecule has 2 heterocycles. The molecule has 1 aromatic rings. The first-order valence-electron chi connectivity index (χ1n) is 6.47. The first kappa shape index (κ1) is 16.8. The van der Waals surface area contributed by atoms with Crippen LogP contribution in [0.3, 0.4) is 0 Å². The van der Waals surface area contributed by atoms with E-state index in [1.807, 2.05) is 0 Å². The number of ether oxygens (including phenoxy) is 1. The predicted octanol–water partition coefficient (Wildman–Crippen LogP) is 0.821. The van der Waals surface area contributed by atoms with Gasteiger partial charge in [-0.3, -0.25) is 9.69 Å². The number of nitrogen functional groups attached to an aromatic ring is 1. The zero-order valence-corrected chi connectivity index (χ0v) is 12.7. The lowest BCUT2D eigenvalue weighted by atomic mass is 9.90. The van der Waals surface area contributed by atoms with Gasteiger partial charge in [-0.15, -0.1) is 10.2 Å². The fourth-order valence-electron chi connectivity index (χ4n) is 1.88. The number of hydrogen-bond donors (Lipinski definition) is 2. The monoisotopic (exact) mass is 302 g/mol. The van der Waals surface area contributed by atoms with Gasteiger partial charge in [0.2, 0.25) is 5.13 Å². The third-order valence-electron chi connectivity index (χ3n) is 3.18. The van der Waals surface area contributed by atoms with Crippen LogP contribution in [0.4, 0.5) is 5.13 Å². The van der Waals surface area contributed by atoms with Gasteiger partial charge >= 0.3 is 0 Å². The Balaban J connectivity index is 0.000000612. The number of carboxylic acid groups (broad SMARTS) is 1. The van der Waals surface area contributed by atoms with E-state index in [0.29, 0.717) is 5.13 Å². The first-order valence-corrected chi connectivity index (χ1v) is 7.28. The maximum atomic E-state index is 8.36. The standard InChI is InChI=1S/C11H20N4OS.CH2O2/c1-11(2,9-13-14-10(12)17-9)3-4-15-5-7-16-8-6-15;2-1-3/h3-8H2,1-2H3,(H2,12,14);1H,(H,2,3). The summed E-state index contributed by atoms with van der Waals surface area (Å²) < 4.78 is 5.34. The van der Waals surface area contributed by atoms with Crippen molar-refractivity contribution in [1.82, 2.24) is 15.1 Å². The van der Waals surface area contributed by atoms with Gasteiger partial charge in [0.1, 0.15) is 5.01 Å². The maximum absolute atomic E-state index is 8.36. The van der Waals surface area contributed by atoms with Crippen LogP contribution in [0, 0.1) is 0 Å². The molecule has 2 rings (SSSR count). The van der Waals surface area contributed by atoms with E-state index in [-0.39, 0.29) is 11.9 Å². The Morgan fingerprint density at radius 1 is 1.45 bits per heavy atom. The number of anilines is 1. The Labute approximate surface area is 122 Å². The molecule has 0 saturated carbocycles. The number of rotatable bonds is 4. The molecule has 0 spiro atoms. The van der Waals surface area contributed by atoms with Crippen LogP contribution in [0.15, 0.2) is 0 Å². The predicted molar refractivity (Wildman–Crippen MR) is 77.9 cm³/mol. The highest BCUT2D eigenvalue weighted by Gasteiger charge is 2.26. The van der Waals surface area contributed by atoms with Crippen LogP contribution in [0.5, 0.6) is 0 Å². The maximum Gasteiger partial charge on any atom is 0.290 e. The van der Waals surface area contributed by atoms with Gasteiger partial charge in [0.15, 0.2) is 0 Å². The number of morpholine rings is 1. The molecule has 0 bridgehead atoms. The topological polar surface area (TPSA) is 102 Å². The second kappa shape index (κ2) is 8.13. The smallest absolute Gasteiger partial charge is 0.290 e. The number of carbonyl (C=O) groups is 1. The van der Waals surface area contributed by atoms with Crippen molar-refractivity contribution in [2.24, 2.45) is 0 Å². The van der Waals surface area contributed by atoms with E-state index in [0.717, 1.165) is 44.3 Å². The van der Waals surface area contributed by atoms with Crippen molar-refractivity contribution in [3.05, 3.63) is 5.01 Å². The quantitative estimate of drug-likeness (QED) is 0.794. The Kier molecular flexibility index (Phi) is 6.83. The van der Waals surface area contributed by atoms with Crippen LogP contribution in [0.1, 0.15) is 25.3 Å². The molecule has 1 aliphatic rings. The molecule has 114 valence electrons. The van der Waals surface area contributed by atoms with Crippen LogP contribution >= 0.6 is 11.3 Å². The van der Waals surface area contributed by atoms with Crippen molar-refractivity contribution in [3.63, 3.8) is 0 Å². The van der Waals surface area contributed by atoms with E-state index >= 15 is 0 Å². The molecule has 0 amide bonds. The lowest BCUT2D eigenvalue weighted by Gasteiger charge is -2.30. The average Bonchev–Trinajstić information content (AvgIpc) is 2.86. The van der Waals surface area contributed by atoms with E-state index in [1.165, 1.54) is 11.3 Å². The Hall–Kier alpha value is -1.25. The van der Waals surface area contributed by atoms with Crippen molar-refractivity contribution in [2.75, 3.05) is 38.6 Å². The lowest BCUT2D eigenvalue weighted by Crippen LogP contribution is -2.38. The highest BCUT2D eigenvalue weighted by molar-refractivity contribution is 7.15. The van der Waals surface area contributed by atoms with Gasteiger partial charge in [-0.1, -0.05) is 25.2 Å². The molecule has 1 saturated heterocycles. The van der Waals surface area contributed by atoms with Gasteiger partial charge in [0.05, 0.1) is 13.2 Å². The Morgan fingerprint density at radius 2 is 2.05 bits per heavy atom. The second-order valence-corrected chi connectivity index (χ2v) is 6.15. The molecule has 1 fully saturated rings. The molecule has 7 nitrogen and oxygen atoms in total. The normalized spacial score (nSPS) is 16.3. The van der Waals surface area contributed by atoms with Gasteiger partial charge in [-0.25, -0.2) is 0 Å². The van der Waals surface area contributed by atoms with E-state index in [1.54, 1.807) is 0 Å². The number of aromatic nitrogens is 2. The second-order valence-electron chi connectivity index (χ2n) is 5.14. The molecule has 0 aliphatic carbocycles. The highest BCUT2D eigenvalue weighted by Crippen LogP contribution is 2.30. The van der Waals surface area contributed by atoms with E-state index < -0.39 is 0 Å². The zero-order chi connectivity index (χ0) is 15.0. The summed E-state index contributed by atoms with van der Waals surface area (Å²) in [5.41, 5.74) is 5.68. The van der Waals surface area contributed by atoms with Crippen LogP contribution < -0.4 is 5.73 Å². The minimum Gasteiger partial charge on any atom is -0.483 e. The van der Waals surface area contributed by atoms with Gasteiger partial charge in [0, 0.05) is 18.5 Å². The largest absolute Gasteiger partial charge is 0.483 e. The van der Waals surface area contributed by atoms with Crippen LogP contribution in [0.25, 0.3) is 0 Å². The molecule has 1 aliphatic heterocycles. The summed E-state index contributed by atoms with van der Waals surface area (Å²) in [6.07, 6.45) is 1.07. The summed E-state index contributed by atoms with van der Waals surface area (Å²) in [6, 6.07) is 0. The van der Waals surface area contributed by atoms with E-state index in [9.17, 15) is 0 Å². The van der Waals surface area contributed by atoms with Gasteiger partial charge in [-0.2, -0.15) is 0 Å². The summed E-state index contributed by atoms with van der Waals surface area (Å²) in [6.45, 7) is 9.01. The summed E-state index contributed by atoms with van der Waals surface area (Å²) in [4.78, 5) is 10.8. The molecule has 0 aromatic carbocycles. The average molecular weight is 302 g/mol.